The zero-order chi connectivity index (χ0) is 19.1. The Morgan fingerprint density at radius 1 is 0.926 bits per heavy atom. The van der Waals surface area contributed by atoms with Gasteiger partial charge in [0.1, 0.15) is 23.9 Å². The van der Waals surface area contributed by atoms with Crippen molar-refractivity contribution in [2.45, 2.75) is 26.1 Å². The molecule has 0 aliphatic carbocycles. The Hall–Kier alpha value is -2.85. The summed E-state index contributed by atoms with van der Waals surface area (Å²) in [5, 5.41) is 3.41. The number of rotatable bonds is 8. The maximum Gasteiger partial charge on any atom is 0.123 e. The van der Waals surface area contributed by atoms with E-state index >= 15 is 0 Å². The molecule has 0 amide bonds. The summed E-state index contributed by atoms with van der Waals surface area (Å²) in [4.78, 5) is 0. The van der Waals surface area contributed by atoms with E-state index in [1.54, 1.807) is 13.2 Å². The van der Waals surface area contributed by atoms with Gasteiger partial charge in [-0.3, -0.25) is 0 Å². The van der Waals surface area contributed by atoms with Crippen LogP contribution in [-0.4, -0.2) is 7.11 Å². The van der Waals surface area contributed by atoms with Crippen LogP contribution in [0.3, 0.4) is 0 Å². The van der Waals surface area contributed by atoms with Crippen molar-refractivity contribution < 1.29 is 13.9 Å². The Morgan fingerprint density at radius 2 is 1.67 bits per heavy atom. The minimum absolute atomic E-state index is 0.0374. The topological polar surface area (TPSA) is 30.5 Å². The Kier molecular flexibility index (Phi) is 6.44. The van der Waals surface area contributed by atoms with Gasteiger partial charge in [0.25, 0.3) is 0 Å². The van der Waals surface area contributed by atoms with E-state index in [-0.39, 0.29) is 11.9 Å². The molecule has 4 heteroatoms. The third-order valence-corrected chi connectivity index (χ3v) is 4.44. The maximum absolute atomic E-state index is 13.5. The van der Waals surface area contributed by atoms with E-state index in [1.165, 1.54) is 12.1 Å². The molecule has 3 aromatic carbocycles. The van der Waals surface area contributed by atoms with Crippen LogP contribution in [0.25, 0.3) is 0 Å². The summed E-state index contributed by atoms with van der Waals surface area (Å²) in [6, 6.07) is 22.6. The first-order valence-electron chi connectivity index (χ1n) is 8.98. The highest BCUT2D eigenvalue weighted by Crippen LogP contribution is 2.26. The number of ether oxygens (including phenoxy) is 2. The van der Waals surface area contributed by atoms with Crippen LogP contribution in [-0.2, 0) is 13.2 Å². The predicted molar refractivity (Wildman–Crippen MR) is 105 cm³/mol. The van der Waals surface area contributed by atoms with E-state index in [2.05, 4.69) is 5.32 Å². The molecule has 0 spiro atoms. The van der Waals surface area contributed by atoms with Crippen molar-refractivity contribution in [2.24, 2.45) is 0 Å². The lowest BCUT2D eigenvalue weighted by Crippen LogP contribution is -2.18. The first kappa shape index (κ1) is 18.9. The molecule has 0 saturated heterocycles. The molecule has 27 heavy (non-hydrogen) atoms. The molecule has 1 N–H and O–H groups in total. The monoisotopic (exact) mass is 365 g/mol. The van der Waals surface area contributed by atoms with Crippen LogP contribution >= 0.6 is 0 Å². The maximum atomic E-state index is 13.5. The predicted octanol–water partition coefficient (Wildman–Crippen LogP) is 5.26. The van der Waals surface area contributed by atoms with Gasteiger partial charge >= 0.3 is 0 Å². The molecule has 0 radical (unpaired) electrons. The summed E-state index contributed by atoms with van der Waals surface area (Å²) < 4.78 is 24.7. The van der Waals surface area contributed by atoms with E-state index in [0.717, 1.165) is 22.4 Å². The molecule has 0 saturated carbocycles. The summed E-state index contributed by atoms with van der Waals surface area (Å²) in [5.74, 6) is 1.25. The van der Waals surface area contributed by atoms with Gasteiger partial charge in [0.05, 0.1) is 7.11 Å². The number of hydrogen-bond acceptors (Lipinski definition) is 3. The van der Waals surface area contributed by atoms with Crippen LogP contribution in [0.2, 0.25) is 0 Å². The van der Waals surface area contributed by atoms with Crippen molar-refractivity contribution >= 4 is 0 Å². The number of hydrogen-bond donors (Lipinski definition) is 1. The highest BCUT2D eigenvalue weighted by Gasteiger charge is 2.12. The van der Waals surface area contributed by atoms with Crippen molar-refractivity contribution in [1.29, 1.82) is 0 Å². The summed E-state index contributed by atoms with van der Waals surface area (Å²) in [6.07, 6.45) is 0. The third kappa shape index (κ3) is 5.31. The fourth-order valence-electron chi connectivity index (χ4n) is 2.87. The van der Waals surface area contributed by atoms with Crippen LogP contribution in [0, 0.1) is 5.82 Å². The van der Waals surface area contributed by atoms with Gasteiger partial charge in [-0.1, -0.05) is 42.5 Å². The standard InChI is InChI=1S/C23H24FNO2/c1-17(22-14-20(24)10-13-23(22)26-2)25-15-18-8-11-21(12-9-18)27-16-19-6-4-3-5-7-19/h3-14,17,25H,15-16H2,1-2H3. The van der Waals surface area contributed by atoms with E-state index in [4.69, 9.17) is 9.47 Å². The SMILES string of the molecule is COc1ccc(F)cc1C(C)NCc1ccc(OCc2ccccc2)cc1. The van der Waals surface area contributed by atoms with Crippen molar-refractivity contribution in [3.63, 3.8) is 0 Å². The summed E-state index contributed by atoms with van der Waals surface area (Å²) >= 11 is 0. The van der Waals surface area contributed by atoms with Crippen molar-refractivity contribution in [3.8, 4) is 11.5 Å². The molecule has 3 rings (SSSR count). The fourth-order valence-corrected chi connectivity index (χ4v) is 2.87. The summed E-state index contributed by atoms with van der Waals surface area (Å²) in [6.45, 7) is 3.21. The molecule has 0 aromatic heterocycles. The van der Waals surface area contributed by atoms with Gasteiger partial charge in [-0.25, -0.2) is 4.39 Å². The smallest absolute Gasteiger partial charge is 0.123 e. The molecule has 0 aliphatic heterocycles. The van der Waals surface area contributed by atoms with Gasteiger partial charge in [-0.05, 0) is 48.4 Å². The quantitative estimate of drug-likeness (QED) is 0.590. The zero-order valence-corrected chi connectivity index (χ0v) is 15.6. The Bertz CT molecular complexity index is 850. The van der Waals surface area contributed by atoms with E-state index in [0.29, 0.717) is 18.9 Å². The molecule has 0 heterocycles. The van der Waals surface area contributed by atoms with Gasteiger partial charge in [-0.2, -0.15) is 0 Å². The minimum Gasteiger partial charge on any atom is -0.496 e. The van der Waals surface area contributed by atoms with E-state index < -0.39 is 0 Å². The van der Waals surface area contributed by atoms with Gasteiger partial charge in [0.2, 0.25) is 0 Å². The summed E-state index contributed by atoms with van der Waals surface area (Å²) in [5.41, 5.74) is 3.07. The van der Waals surface area contributed by atoms with Gasteiger partial charge in [0.15, 0.2) is 0 Å². The van der Waals surface area contributed by atoms with Gasteiger partial charge in [-0.15, -0.1) is 0 Å². The van der Waals surface area contributed by atoms with Crippen LogP contribution < -0.4 is 14.8 Å². The second-order valence-corrected chi connectivity index (χ2v) is 6.41. The molecule has 0 bridgehead atoms. The van der Waals surface area contributed by atoms with Crippen LogP contribution in [0.15, 0.2) is 72.8 Å². The lowest BCUT2D eigenvalue weighted by molar-refractivity contribution is 0.306. The normalized spacial score (nSPS) is 11.8. The lowest BCUT2D eigenvalue weighted by Gasteiger charge is -2.17. The molecule has 1 atom stereocenters. The van der Waals surface area contributed by atoms with Crippen molar-refractivity contribution in [3.05, 3.63) is 95.3 Å². The van der Waals surface area contributed by atoms with Crippen LogP contribution in [0.5, 0.6) is 11.5 Å². The van der Waals surface area contributed by atoms with E-state index in [9.17, 15) is 4.39 Å². The number of methoxy groups -OCH3 is 1. The zero-order valence-electron chi connectivity index (χ0n) is 15.6. The Morgan fingerprint density at radius 3 is 2.37 bits per heavy atom. The van der Waals surface area contributed by atoms with E-state index in [1.807, 2.05) is 61.5 Å². The second-order valence-electron chi connectivity index (χ2n) is 6.41. The largest absolute Gasteiger partial charge is 0.496 e. The average molecular weight is 365 g/mol. The summed E-state index contributed by atoms with van der Waals surface area (Å²) in [7, 11) is 1.59. The van der Waals surface area contributed by atoms with Crippen LogP contribution in [0.1, 0.15) is 29.7 Å². The highest BCUT2D eigenvalue weighted by atomic mass is 19.1. The first-order chi connectivity index (χ1) is 13.2. The molecule has 3 aromatic rings. The lowest BCUT2D eigenvalue weighted by atomic mass is 10.1. The van der Waals surface area contributed by atoms with Gasteiger partial charge in [0, 0.05) is 18.2 Å². The molecular weight excluding hydrogens is 341 g/mol. The molecule has 1 unspecified atom stereocenters. The van der Waals surface area contributed by atoms with Crippen molar-refractivity contribution in [2.75, 3.05) is 7.11 Å². The molecule has 0 fully saturated rings. The molecule has 140 valence electrons. The van der Waals surface area contributed by atoms with Crippen LogP contribution in [0.4, 0.5) is 4.39 Å². The molecular formula is C23H24FNO2. The molecule has 3 nitrogen and oxygen atoms in total. The molecule has 0 aliphatic rings. The second kappa shape index (κ2) is 9.19. The van der Waals surface area contributed by atoms with Crippen molar-refractivity contribution in [1.82, 2.24) is 5.32 Å². The number of halogens is 1. The van der Waals surface area contributed by atoms with Gasteiger partial charge < -0.3 is 14.8 Å². The Labute approximate surface area is 159 Å². The minimum atomic E-state index is -0.264. The average Bonchev–Trinajstić information content (AvgIpc) is 2.72. The fraction of sp³-hybridized carbons (Fsp3) is 0.217. The third-order valence-electron chi connectivity index (χ3n) is 4.44. The Balaban J connectivity index is 1.55. The highest BCUT2D eigenvalue weighted by molar-refractivity contribution is 5.36. The number of nitrogens with one attached hydrogen (secondary N) is 1. The first-order valence-corrected chi connectivity index (χ1v) is 8.98. The number of benzene rings is 3.